The van der Waals surface area contributed by atoms with Crippen molar-refractivity contribution >= 4 is 21.8 Å². The monoisotopic (exact) mass is 255 g/mol. The van der Waals surface area contributed by atoms with Crippen LogP contribution in [0.2, 0.25) is 0 Å². The molecule has 2 aromatic carbocycles. The number of benzene rings is 2. The molecule has 0 aliphatic rings. The summed E-state index contributed by atoms with van der Waals surface area (Å²) in [5.41, 5.74) is 2.16. The molecular weight excluding hydrogens is 238 g/mol. The molecule has 3 heteroatoms. The number of aliphatic hydroxyl groups excluding tert-OH is 1. The largest absolute Gasteiger partial charge is 0.389 e. The lowest BCUT2D eigenvalue weighted by Crippen LogP contribution is -2.22. The molecule has 0 spiro atoms. The van der Waals surface area contributed by atoms with Gasteiger partial charge < -0.3 is 14.4 Å². The topological polar surface area (TPSA) is 34.4 Å². The van der Waals surface area contributed by atoms with E-state index in [1.165, 1.54) is 10.8 Å². The summed E-state index contributed by atoms with van der Waals surface area (Å²) >= 11 is 0. The van der Waals surface area contributed by atoms with Crippen molar-refractivity contribution in [3.63, 3.8) is 0 Å². The lowest BCUT2D eigenvalue weighted by atomic mass is 10.2. The van der Waals surface area contributed by atoms with Gasteiger partial charge in [-0.25, -0.2) is 0 Å². The van der Waals surface area contributed by atoms with Crippen LogP contribution in [0.4, 0.5) is 0 Å². The molecule has 3 nitrogen and oxygen atoms in total. The zero-order valence-electron chi connectivity index (χ0n) is 11.1. The number of methoxy groups -OCH3 is 1. The second-order valence-electron chi connectivity index (χ2n) is 4.77. The van der Waals surface area contributed by atoms with E-state index in [1.54, 1.807) is 14.0 Å². The van der Waals surface area contributed by atoms with Gasteiger partial charge in [0.2, 0.25) is 0 Å². The third kappa shape index (κ3) is 1.82. The summed E-state index contributed by atoms with van der Waals surface area (Å²) in [5.74, 6) is 0. The van der Waals surface area contributed by atoms with Gasteiger partial charge in [0.15, 0.2) is 6.23 Å². The quantitative estimate of drug-likeness (QED) is 0.779. The highest BCUT2D eigenvalue weighted by molar-refractivity contribution is 6.08. The third-order valence-corrected chi connectivity index (χ3v) is 3.53. The molecule has 0 amide bonds. The van der Waals surface area contributed by atoms with E-state index in [0.717, 1.165) is 11.0 Å². The smallest absolute Gasteiger partial charge is 0.159 e. The van der Waals surface area contributed by atoms with Crippen molar-refractivity contribution < 1.29 is 9.84 Å². The molecule has 0 saturated heterocycles. The molecule has 0 aliphatic heterocycles. The predicted molar refractivity (Wildman–Crippen MR) is 77.2 cm³/mol. The number of rotatable bonds is 3. The highest BCUT2D eigenvalue weighted by atomic mass is 16.5. The van der Waals surface area contributed by atoms with Crippen molar-refractivity contribution in [1.29, 1.82) is 0 Å². The van der Waals surface area contributed by atoms with Gasteiger partial charge in [-0.3, -0.25) is 0 Å². The van der Waals surface area contributed by atoms with E-state index in [4.69, 9.17) is 4.74 Å². The number of aromatic nitrogens is 1. The zero-order chi connectivity index (χ0) is 13.4. The van der Waals surface area contributed by atoms with E-state index in [9.17, 15) is 5.11 Å². The molecule has 0 saturated carbocycles. The summed E-state index contributed by atoms with van der Waals surface area (Å²) in [6, 6.07) is 16.4. The molecule has 0 aliphatic carbocycles. The number of fused-ring (bicyclic) bond motifs is 3. The first-order chi connectivity index (χ1) is 9.24. The Labute approximate surface area is 112 Å². The van der Waals surface area contributed by atoms with Gasteiger partial charge in [0, 0.05) is 17.9 Å². The molecule has 2 atom stereocenters. The van der Waals surface area contributed by atoms with Gasteiger partial charge in [-0.2, -0.15) is 0 Å². The lowest BCUT2D eigenvalue weighted by molar-refractivity contribution is -0.0442. The van der Waals surface area contributed by atoms with Gasteiger partial charge in [0.25, 0.3) is 0 Å². The molecule has 0 radical (unpaired) electrons. The van der Waals surface area contributed by atoms with Crippen LogP contribution in [0.15, 0.2) is 48.5 Å². The van der Waals surface area contributed by atoms with Gasteiger partial charge in [0.1, 0.15) is 0 Å². The van der Waals surface area contributed by atoms with Crippen molar-refractivity contribution in [2.75, 3.05) is 7.11 Å². The highest BCUT2D eigenvalue weighted by Crippen LogP contribution is 2.32. The molecule has 3 aromatic rings. The fourth-order valence-electron chi connectivity index (χ4n) is 2.74. The zero-order valence-corrected chi connectivity index (χ0v) is 11.1. The number of hydrogen-bond donors (Lipinski definition) is 1. The predicted octanol–water partition coefficient (Wildman–Crippen LogP) is 3.32. The van der Waals surface area contributed by atoms with Gasteiger partial charge >= 0.3 is 0 Å². The summed E-state index contributed by atoms with van der Waals surface area (Å²) in [6.07, 6.45) is -0.964. The molecule has 0 unspecified atom stereocenters. The van der Waals surface area contributed by atoms with Gasteiger partial charge in [0.05, 0.1) is 17.1 Å². The van der Waals surface area contributed by atoms with Crippen molar-refractivity contribution in [2.45, 2.75) is 19.3 Å². The molecule has 98 valence electrons. The van der Waals surface area contributed by atoms with Crippen LogP contribution in [0.3, 0.4) is 0 Å². The Bertz CT molecular complexity index is 662. The summed E-state index contributed by atoms with van der Waals surface area (Å²) < 4.78 is 7.55. The Balaban J connectivity index is 2.42. The van der Waals surface area contributed by atoms with Crippen molar-refractivity contribution in [2.24, 2.45) is 0 Å². The van der Waals surface area contributed by atoms with Gasteiger partial charge in [-0.15, -0.1) is 0 Å². The standard InChI is InChI=1S/C16H17NO2/c1-11(18)16(19-2)17-14-9-5-3-7-12(14)13-8-4-6-10-15(13)17/h3-11,16,18H,1-2H3/t11-,16-/m0/s1. The highest BCUT2D eigenvalue weighted by Gasteiger charge is 2.21. The summed E-state index contributed by atoms with van der Waals surface area (Å²) in [7, 11) is 1.63. The number of aliphatic hydroxyl groups is 1. The van der Waals surface area contributed by atoms with Crippen LogP contribution in [0.5, 0.6) is 0 Å². The minimum atomic E-state index is -0.579. The summed E-state index contributed by atoms with van der Waals surface area (Å²) in [4.78, 5) is 0. The second-order valence-corrected chi connectivity index (χ2v) is 4.77. The molecule has 1 heterocycles. The Morgan fingerprint density at radius 3 is 1.84 bits per heavy atom. The van der Waals surface area contributed by atoms with Gasteiger partial charge in [-0.1, -0.05) is 36.4 Å². The van der Waals surface area contributed by atoms with Crippen molar-refractivity contribution in [3.8, 4) is 0 Å². The summed E-state index contributed by atoms with van der Waals surface area (Å²) in [6.45, 7) is 1.75. The van der Waals surface area contributed by atoms with Crippen molar-refractivity contribution in [3.05, 3.63) is 48.5 Å². The number of ether oxygens (including phenoxy) is 1. The fraction of sp³-hybridized carbons (Fsp3) is 0.250. The Kier molecular flexibility index (Phi) is 3.01. The lowest BCUT2D eigenvalue weighted by Gasteiger charge is -2.22. The SMILES string of the molecule is CO[C@@H]([C@H](C)O)n1c2ccccc2c2ccccc21. The average molecular weight is 255 g/mol. The third-order valence-electron chi connectivity index (χ3n) is 3.53. The van der Waals surface area contributed by atoms with E-state index in [0.29, 0.717) is 0 Å². The Morgan fingerprint density at radius 1 is 0.947 bits per heavy atom. The van der Waals surface area contributed by atoms with E-state index in [1.807, 2.05) is 24.3 Å². The Hall–Kier alpha value is -1.84. The van der Waals surface area contributed by atoms with Crippen LogP contribution >= 0.6 is 0 Å². The molecule has 1 N–H and O–H groups in total. The maximum Gasteiger partial charge on any atom is 0.159 e. The number of para-hydroxylation sites is 2. The van der Waals surface area contributed by atoms with E-state index < -0.39 is 6.10 Å². The van der Waals surface area contributed by atoms with Crippen LogP contribution in [-0.4, -0.2) is 22.9 Å². The molecule has 1 aromatic heterocycles. The fourth-order valence-corrected chi connectivity index (χ4v) is 2.74. The van der Waals surface area contributed by atoms with E-state index >= 15 is 0 Å². The maximum atomic E-state index is 9.96. The molecule has 3 rings (SSSR count). The first kappa shape index (κ1) is 12.2. The van der Waals surface area contributed by atoms with Crippen LogP contribution in [0.25, 0.3) is 21.8 Å². The Morgan fingerprint density at radius 2 is 1.42 bits per heavy atom. The van der Waals surface area contributed by atoms with Crippen LogP contribution in [0, 0.1) is 0 Å². The van der Waals surface area contributed by atoms with E-state index in [-0.39, 0.29) is 6.23 Å². The second kappa shape index (κ2) is 4.68. The minimum absolute atomic E-state index is 0.384. The first-order valence-electron chi connectivity index (χ1n) is 6.42. The molecular formula is C16H17NO2. The first-order valence-corrected chi connectivity index (χ1v) is 6.42. The number of hydrogen-bond acceptors (Lipinski definition) is 2. The van der Waals surface area contributed by atoms with Crippen LogP contribution in [-0.2, 0) is 4.74 Å². The van der Waals surface area contributed by atoms with Crippen molar-refractivity contribution in [1.82, 2.24) is 4.57 Å². The minimum Gasteiger partial charge on any atom is -0.389 e. The summed E-state index contributed by atoms with van der Waals surface area (Å²) in [5, 5.41) is 12.3. The molecule has 0 fully saturated rings. The van der Waals surface area contributed by atoms with Crippen LogP contribution in [0.1, 0.15) is 13.2 Å². The van der Waals surface area contributed by atoms with E-state index in [2.05, 4.69) is 28.8 Å². The average Bonchev–Trinajstić information content (AvgIpc) is 2.75. The molecule has 19 heavy (non-hydrogen) atoms. The normalized spacial score (nSPS) is 14.9. The number of nitrogens with zero attached hydrogens (tertiary/aromatic N) is 1. The molecule has 0 bridgehead atoms. The van der Waals surface area contributed by atoms with Crippen LogP contribution < -0.4 is 0 Å². The maximum absolute atomic E-state index is 9.96. The van der Waals surface area contributed by atoms with Gasteiger partial charge in [-0.05, 0) is 19.1 Å².